The predicted molar refractivity (Wildman–Crippen MR) is 62.4 cm³/mol. The highest BCUT2D eigenvalue weighted by molar-refractivity contribution is 5.14. The van der Waals surface area contributed by atoms with Gasteiger partial charge in [-0.05, 0) is 30.4 Å². The lowest BCUT2D eigenvalue weighted by atomic mass is 9.88. The lowest BCUT2D eigenvalue weighted by Crippen LogP contribution is -2.21. The molecule has 82 valence electrons. The summed E-state index contributed by atoms with van der Waals surface area (Å²) in [5.74, 6) is 0.664. The van der Waals surface area contributed by atoms with E-state index >= 15 is 0 Å². The maximum Gasteiger partial charge on any atom is 0.0338 e. The highest BCUT2D eigenvalue weighted by Crippen LogP contribution is 2.31. The maximum atomic E-state index is 6.30. The molecule has 0 amide bonds. The second-order valence-electron chi connectivity index (χ2n) is 4.56. The van der Waals surface area contributed by atoms with Gasteiger partial charge in [0.2, 0.25) is 0 Å². The fraction of sp³-hybridized carbons (Fsp3) is 0.615. The predicted octanol–water partition coefficient (Wildman–Crippen LogP) is 3.05. The highest BCUT2D eigenvalue weighted by atomic mass is 14.7. The Kier molecular flexibility index (Phi) is 3.73. The first-order valence-corrected chi connectivity index (χ1v) is 6.03. The van der Waals surface area contributed by atoms with Crippen LogP contribution in [0.1, 0.15) is 50.1 Å². The number of pyridine rings is 1. The van der Waals surface area contributed by atoms with Gasteiger partial charge < -0.3 is 5.73 Å². The van der Waals surface area contributed by atoms with Gasteiger partial charge in [0.15, 0.2) is 0 Å². The molecule has 2 heteroatoms. The van der Waals surface area contributed by atoms with Crippen LogP contribution < -0.4 is 5.73 Å². The molecule has 1 aliphatic rings. The summed E-state index contributed by atoms with van der Waals surface area (Å²) >= 11 is 0. The van der Waals surface area contributed by atoms with Crippen molar-refractivity contribution in [3.63, 3.8) is 0 Å². The van der Waals surface area contributed by atoms with E-state index in [1.807, 2.05) is 18.5 Å². The largest absolute Gasteiger partial charge is 0.324 e. The fourth-order valence-corrected chi connectivity index (χ4v) is 2.52. The van der Waals surface area contributed by atoms with Crippen LogP contribution in [0, 0.1) is 5.92 Å². The van der Waals surface area contributed by atoms with Gasteiger partial charge in [0.25, 0.3) is 0 Å². The van der Waals surface area contributed by atoms with Gasteiger partial charge in [0, 0.05) is 18.4 Å². The van der Waals surface area contributed by atoms with Crippen LogP contribution in [0.4, 0.5) is 0 Å². The molecule has 0 saturated heterocycles. The number of nitrogens with two attached hydrogens (primary N) is 1. The summed E-state index contributed by atoms with van der Waals surface area (Å²) in [6.45, 7) is 0. The van der Waals surface area contributed by atoms with Crippen LogP contribution in [-0.2, 0) is 0 Å². The van der Waals surface area contributed by atoms with Gasteiger partial charge >= 0.3 is 0 Å². The fourth-order valence-electron chi connectivity index (χ4n) is 2.52. The molecule has 15 heavy (non-hydrogen) atoms. The normalized spacial score (nSPS) is 20.9. The molecule has 1 atom stereocenters. The van der Waals surface area contributed by atoms with Crippen LogP contribution in [0.15, 0.2) is 24.5 Å². The third-order valence-electron chi connectivity index (χ3n) is 3.48. The van der Waals surface area contributed by atoms with Crippen molar-refractivity contribution in [3.05, 3.63) is 30.1 Å². The summed E-state index contributed by atoms with van der Waals surface area (Å²) in [5.41, 5.74) is 7.50. The molecule has 0 aromatic carbocycles. The summed E-state index contributed by atoms with van der Waals surface area (Å²) in [6, 6.07) is 4.27. The minimum absolute atomic E-state index is 0.191. The Morgan fingerprint density at radius 3 is 2.53 bits per heavy atom. The molecule has 2 nitrogen and oxygen atoms in total. The van der Waals surface area contributed by atoms with E-state index in [2.05, 4.69) is 11.1 Å². The first kappa shape index (κ1) is 10.6. The first-order valence-electron chi connectivity index (χ1n) is 6.03. The summed E-state index contributed by atoms with van der Waals surface area (Å²) < 4.78 is 0. The van der Waals surface area contributed by atoms with Crippen molar-refractivity contribution in [1.29, 1.82) is 0 Å². The Balaban J connectivity index is 2.03. The van der Waals surface area contributed by atoms with Gasteiger partial charge in [-0.25, -0.2) is 0 Å². The van der Waals surface area contributed by atoms with Crippen LogP contribution in [0.3, 0.4) is 0 Å². The first-order chi connectivity index (χ1) is 7.38. The minimum Gasteiger partial charge on any atom is -0.324 e. The molecule has 1 heterocycles. The van der Waals surface area contributed by atoms with Crippen molar-refractivity contribution in [3.8, 4) is 0 Å². The second-order valence-corrected chi connectivity index (χ2v) is 4.56. The Morgan fingerprint density at radius 1 is 1.20 bits per heavy atom. The number of aromatic nitrogens is 1. The van der Waals surface area contributed by atoms with Gasteiger partial charge in [0.1, 0.15) is 0 Å². The third kappa shape index (κ3) is 2.78. The Labute approximate surface area is 91.9 Å². The smallest absolute Gasteiger partial charge is 0.0338 e. The van der Waals surface area contributed by atoms with Crippen LogP contribution in [-0.4, -0.2) is 4.98 Å². The van der Waals surface area contributed by atoms with E-state index in [0.717, 1.165) is 0 Å². The van der Waals surface area contributed by atoms with E-state index in [1.165, 1.54) is 44.1 Å². The van der Waals surface area contributed by atoms with Crippen LogP contribution in [0.5, 0.6) is 0 Å². The molecule has 0 spiro atoms. The van der Waals surface area contributed by atoms with E-state index < -0.39 is 0 Å². The van der Waals surface area contributed by atoms with E-state index in [1.54, 1.807) is 0 Å². The molecular weight excluding hydrogens is 184 g/mol. The van der Waals surface area contributed by atoms with Crippen molar-refractivity contribution in [1.82, 2.24) is 4.98 Å². The molecule has 1 aromatic rings. The van der Waals surface area contributed by atoms with Crippen molar-refractivity contribution in [2.75, 3.05) is 0 Å². The molecule has 1 aromatic heterocycles. The van der Waals surface area contributed by atoms with Gasteiger partial charge in [0.05, 0.1) is 0 Å². The molecule has 0 radical (unpaired) electrons. The lowest BCUT2D eigenvalue weighted by molar-refractivity contribution is 0.382. The van der Waals surface area contributed by atoms with E-state index in [4.69, 9.17) is 5.73 Å². The molecule has 0 aliphatic heterocycles. The van der Waals surface area contributed by atoms with Crippen molar-refractivity contribution in [2.45, 2.75) is 44.6 Å². The van der Waals surface area contributed by atoms with Gasteiger partial charge in [-0.2, -0.15) is 0 Å². The number of hydrogen-bond acceptors (Lipinski definition) is 2. The van der Waals surface area contributed by atoms with Crippen molar-refractivity contribution in [2.24, 2.45) is 11.7 Å². The molecule has 1 aliphatic carbocycles. The van der Waals surface area contributed by atoms with Crippen LogP contribution in [0.25, 0.3) is 0 Å². The summed E-state index contributed by atoms with van der Waals surface area (Å²) in [4.78, 5) is 4.14. The standard InChI is InChI=1S/C13H20N2/c14-13(12-8-5-9-15-10-12)11-6-3-1-2-4-7-11/h5,8-11,13H,1-4,6-7,14H2/t13-/m0/s1. The summed E-state index contributed by atoms with van der Waals surface area (Å²) in [6.07, 6.45) is 11.8. The highest BCUT2D eigenvalue weighted by Gasteiger charge is 2.20. The number of hydrogen-bond donors (Lipinski definition) is 1. The number of rotatable bonds is 2. The molecule has 2 rings (SSSR count). The maximum absolute atomic E-state index is 6.30. The average molecular weight is 204 g/mol. The van der Waals surface area contributed by atoms with Gasteiger partial charge in [-0.3, -0.25) is 4.98 Å². The zero-order valence-corrected chi connectivity index (χ0v) is 9.23. The molecule has 2 N–H and O–H groups in total. The SMILES string of the molecule is N[C@H](c1cccnc1)C1CCCCCC1. The zero-order valence-electron chi connectivity index (χ0n) is 9.23. The zero-order chi connectivity index (χ0) is 10.5. The third-order valence-corrected chi connectivity index (χ3v) is 3.48. The summed E-state index contributed by atoms with van der Waals surface area (Å²) in [5, 5.41) is 0. The molecule has 0 unspecified atom stereocenters. The molecule has 0 bridgehead atoms. The van der Waals surface area contributed by atoms with Crippen LogP contribution in [0.2, 0.25) is 0 Å². The molecule has 1 saturated carbocycles. The average Bonchev–Trinajstić information content (AvgIpc) is 2.58. The van der Waals surface area contributed by atoms with Gasteiger partial charge in [-0.1, -0.05) is 31.7 Å². The van der Waals surface area contributed by atoms with E-state index in [0.29, 0.717) is 5.92 Å². The quantitative estimate of drug-likeness (QED) is 0.752. The van der Waals surface area contributed by atoms with Gasteiger partial charge in [-0.15, -0.1) is 0 Å². The van der Waals surface area contributed by atoms with Crippen LogP contribution >= 0.6 is 0 Å². The summed E-state index contributed by atoms with van der Waals surface area (Å²) in [7, 11) is 0. The minimum atomic E-state index is 0.191. The van der Waals surface area contributed by atoms with Crippen molar-refractivity contribution < 1.29 is 0 Å². The van der Waals surface area contributed by atoms with E-state index in [-0.39, 0.29) is 6.04 Å². The topological polar surface area (TPSA) is 38.9 Å². The molecule has 1 fully saturated rings. The van der Waals surface area contributed by atoms with E-state index in [9.17, 15) is 0 Å². The lowest BCUT2D eigenvalue weighted by Gasteiger charge is -2.22. The van der Waals surface area contributed by atoms with Crippen molar-refractivity contribution >= 4 is 0 Å². The molecular formula is C13H20N2. The Hall–Kier alpha value is -0.890. The second kappa shape index (κ2) is 5.26. The Morgan fingerprint density at radius 2 is 1.93 bits per heavy atom. The monoisotopic (exact) mass is 204 g/mol. The number of nitrogens with zero attached hydrogens (tertiary/aromatic N) is 1. The Bertz CT molecular complexity index is 276.